The summed E-state index contributed by atoms with van der Waals surface area (Å²) in [5.41, 5.74) is 12.4. The van der Waals surface area contributed by atoms with Crippen LogP contribution in [0.3, 0.4) is 0 Å². The van der Waals surface area contributed by atoms with Gasteiger partial charge in [-0.25, -0.2) is 13.8 Å². The van der Waals surface area contributed by atoms with Crippen molar-refractivity contribution in [2.24, 2.45) is 16.6 Å². The van der Waals surface area contributed by atoms with E-state index >= 15 is 0 Å². The van der Waals surface area contributed by atoms with Crippen molar-refractivity contribution in [1.29, 1.82) is 5.41 Å². The van der Waals surface area contributed by atoms with Gasteiger partial charge in [0.2, 0.25) is 5.88 Å². The summed E-state index contributed by atoms with van der Waals surface area (Å²) in [6.45, 7) is 6.65. The number of benzene rings is 1. The Morgan fingerprint density at radius 1 is 1.20 bits per heavy atom. The van der Waals surface area contributed by atoms with Gasteiger partial charge in [0.25, 0.3) is 5.92 Å². The average molecular weight is 421 g/mol. The number of hydrogen-bond acceptors (Lipinski definition) is 6. The molecule has 0 saturated heterocycles. The molecule has 5 N–H and O–H groups in total. The number of aromatic nitrogens is 1. The maximum atomic E-state index is 13.2. The van der Waals surface area contributed by atoms with Gasteiger partial charge >= 0.3 is 0 Å². The Morgan fingerprint density at radius 2 is 1.80 bits per heavy atom. The summed E-state index contributed by atoms with van der Waals surface area (Å²) in [6.07, 6.45) is 1.57. The lowest BCUT2D eigenvalue weighted by Gasteiger charge is -2.10. The fourth-order valence-corrected chi connectivity index (χ4v) is 1.98. The minimum absolute atomic E-state index is 0.0225. The minimum Gasteiger partial charge on any atom is -0.470 e. The molecule has 9 heteroatoms. The lowest BCUT2D eigenvalue weighted by molar-refractivity contribution is 0.0174. The van der Waals surface area contributed by atoms with Crippen LogP contribution in [0.15, 0.2) is 47.8 Å². The highest BCUT2D eigenvalue weighted by Gasteiger charge is 2.23. The number of nitrogens with one attached hydrogen (secondary N) is 1. The minimum atomic E-state index is -2.86. The number of nitrogens with zero attached hydrogens (tertiary/aromatic N) is 2. The van der Waals surface area contributed by atoms with Gasteiger partial charge in [0.1, 0.15) is 19.0 Å². The maximum absolute atomic E-state index is 13.2. The number of pyridine rings is 1. The van der Waals surface area contributed by atoms with Crippen LogP contribution in [0.4, 0.5) is 8.78 Å². The van der Waals surface area contributed by atoms with Crippen molar-refractivity contribution in [1.82, 2.24) is 4.98 Å². The van der Waals surface area contributed by atoms with E-state index in [0.717, 1.165) is 18.1 Å². The molecular weight excluding hydrogens is 392 g/mol. The van der Waals surface area contributed by atoms with Crippen LogP contribution in [0.1, 0.15) is 44.4 Å². The topological polar surface area (TPSA) is 120 Å². The Bertz CT molecular complexity index is 814. The van der Waals surface area contributed by atoms with Crippen molar-refractivity contribution in [2.75, 3.05) is 6.61 Å². The highest BCUT2D eigenvalue weighted by atomic mass is 19.3. The molecule has 0 spiro atoms. The van der Waals surface area contributed by atoms with E-state index in [-0.39, 0.29) is 24.6 Å². The Morgan fingerprint density at radius 3 is 2.27 bits per heavy atom. The Labute approximate surface area is 175 Å². The first-order valence-corrected chi connectivity index (χ1v) is 9.30. The van der Waals surface area contributed by atoms with Crippen LogP contribution < -0.4 is 16.2 Å². The number of oxime groups is 1. The SMILES string of the molecule is C/C(=N\OCc1ccc(C(C)(F)F)cc1)c1ccc(OCC(=N)N)nc1.CC(C)N. The third-order valence-corrected chi connectivity index (χ3v) is 3.42. The van der Waals surface area contributed by atoms with E-state index in [0.29, 0.717) is 17.6 Å². The molecule has 0 atom stereocenters. The first-order chi connectivity index (χ1) is 14.0. The van der Waals surface area contributed by atoms with E-state index in [1.54, 1.807) is 37.4 Å². The molecule has 0 unspecified atom stereocenters. The first kappa shape index (κ1) is 25.0. The van der Waals surface area contributed by atoms with Crippen molar-refractivity contribution in [3.63, 3.8) is 0 Å². The second kappa shape index (κ2) is 11.8. The van der Waals surface area contributed by atoms with E-state index in [1.807, 2.05) is 13.8 Å². The zero-order valence-corrected chi connectivity index (χ0v) is 17.7. The summed E-state index contributed by atoms with van der Waals surface area (Å²) in [7, 11) is 0. The second-order valence-electron chi connectivity index (χ2n) is 6.98. The van der Waals surface area contributed by atoms with Gasteiger partial charge in [0.05, 0.1) is 5.71 Å². The summed E-state index contributed by atoms with van der Waals surface area (Å²) in [4.78, 5) is 9.36. The summed E-state index contributed by atoms with van der Waals surface area (Å²) >= 11 is 0. The highest BCUT2D eigenvalue weighted by Crippen LogP contribution is 2.26. The molecule has 0 saturated carbocycles. The Kier molecular flexibility index (Phi) is 9.83. The van der Waals surface area contributed by atoms with Gasteiger partial charge in [0.15, 0.2) is 0 Å². The molecule has 0 amide bonds. The summed E-state index contributed by atoms with van der Waals surface area (Å²) < 4.78 is 31.5. The van der Waals surface area contributed by atoms with Crippen LogP contribution in [-0.4, -0.2) is 29.2 Å². The predicted molar refractivity (Wildman–Crippen MR) is 114 cm³/mol. The molecule has 7 nitrogen and oxygen atoms in total. The monoisotopic (exact) mass is 421 g/mol. The standard InChI is InChI=1S/C18H20F2N4O2.C3H9N/c1-12(14-5-8-17(23-9-14)25-11-16(21)22)24-26-10-13-3-6-15(7-4-13)18(2,19)20;1-3(2)4/h3-9H,10-11H2,1-2H3,(H3,21,22);3H,4H2,1-2H3/b24-12+;. The van der Waals surface area contributed by atoms with E-state index in [9.17, 15) is 8.78 Å². The molecule has 0 radical (unpaired) electrons. The summed E-state index contributed by atoms with van der Waals surface area (Å²) in [6, 6.07) is 9.64. The maximum Gasteiger partial charge on any atom is 0.270 e. The summed E-state index contributed by atoms with van der Waals surface area (Å²) in [5.74, 6) is -2.59. The van der Waals surface area contributed by atoms with Gasteiger partial charge in [-0.1, -0.05) is 43.3 Å². The highest BCUT2D eigenvalue weighted by molar-refractivity contribution is 5.98. The van der Waals surface area contributed by atoms with Crippen LogP contribution >= 0.6 is 0 Å². The number of halogens is 2. The van der Waals surface area contributed by atoms with Crippen LogP contribution in [0.25, 0.3) is 0 Å². The molecular formula is C21H29F2N5O2. The van der Waals surface area contributed by atoms with Gasteiger partial charge in [-0.05, 0) is 24.6 Å². The van der Waals surface area contributed by atoms with Crippen molar-refractivity contribution >= 4 is 11.5 Å². The molecule has 2 aromatic rings. The number of alkyl halides is 2. The molecule has 30 heavy (non-hydrogen) atoms. The van der Waals surface area contributed by atoms with Crippen LogP contribution in [0, 0.1) is 5.41 Å². The number of amidine groups is 1. The molecule has 0 fully saturated rings. The average Bonchev–Trinajstić information content (AvgIpc) is 2.66. The third-order valence-electron chi connectivity index (χ3n) is 3.42. The largest absolute Gasteiger partial charge is 0.470 e. The number of hydrogen-bond donors (Lipinski definition) is 3. The van der Waals surface area contributed by atoms with E-state index in [1.165, 1.54) is 12.1 Å². The van der Waals surface area contributed by atoms with Gasteiger partial charge in [-0.15, -0.1) is 0 Å². The molecule has 0 aliphatic heterocycles. The number of rotatable bonds is 8. The summed E-state index contributed by atoms with van der Waals surface area (Å²) in [5, 5.41) is 11.1. The number of nitrogens with two attached hydrogens (primary N) is 2. The first-order valence-electron chi connectivity index (χ1n) is 9.30. The van der Waals surface area contributed by atoms with Crippen LogP contribution in [-0.2, 0) is 17.4 Å². The molecule has 0 aliphatic carbocycles. The fraction of sp³-hybridized carbons (Fsp3) is 0.381. The number of ether oxygens (including phenoxy) is 1. The van der Waals surface area contributed by atoms with Gasteiger partial charge in [0, 0.05) is 30.3 Å². The molecule has 0 aliphatic rings. The molecule has 0 bridgehead atoms. The smallest absolute Gasteiger partial charge is 0.270 e. The van der Waals surface area contributed by atoms with Crippen molar-refractivity contribution in [3.8, 4) is 5.88 Å². The predicted octanol–water partition coefficient (Wildman–Crippen LogP) is 3.80. The van der Waals surface area contributed by atoms with E-state index in [4.69, 9.17) is 26.5 Å². The van der Waals surface area contributed by atoms with Crippen LogP contribution in [0.5, 0.6) is 5.88 Å². The van der Waals surface area contributed by atoms with Crippen molar-refractivity contribution in [2.45, 2.75) is 46.3 Å². The molecule has 2 rings (SSSR count). The molecule has 164 valence electrons. The van der Waals surface area contributed by atoms with Gasteiger partial charge < -0.3 is 21.0 Å². The lowest BCUT2D eigenvalue weighted by Crippen LogP contribution is -2.19. The second-order valence-corrected chi connectivity index (χ2v) is 6.98. The van der Waals surface area contributed by atoms with Crippen molar-refractivity contribution < 1.29 is 18.4 Å². The zero-order valence-electron chi connectivity index (χ0n) is 17.7. The van der Waals surface area contributed by atoms with Gasteiger partial charge in [-0.2, -0.15) is 0 Å². The molecule has 1 heterocycles. The zero-order chi connectivity index (χ0) is 22.7. The lowest BCUT2D eigenvalue weighted by atomic mass is 10.1. The Balaban J connectivity index is 0.00000103. The molecule has 1 aromatic heterocycles. The van der Waals surface area contributed by atoms with Crippen LogP contribution in [0.2, 0.25) is 0 Å². The quantitative estimate of drug-likeness (QED) is 0.340. The van der Waals surface area contributed by atoms with Crippen molar-refractivity contribution in [3.05, 3.63) is 59.3 Å². The fourth-order valence-electron chi connectivity index (χ4n) is 1.98. The van der Waals surface area contributed by atoms with Gasteiger partial charge in [-0.3, -0.25) is 5.41 Å². The van der Waals surface area contributed by atoms with E-state index < -0.39 is 5.92 Å². The third kappa shape index (κ3) is 9.92. The molecule has 1 aromatic carbocycles. The normalized spacial score (nSPS) is 11.5. The van der Waals surface area contributed by atoms with E-state index in [2.05, 4.69) is 10.1 Å². The Hall–Kier alpha value is -3.07.